The predicted molar refractivity (Wildman–Crippen MR) is 135 cm³/mol. The van der Waals surface area contributed by atoms with Crippen LogP contribution in [0, 0.1) is 11.3 Å². The van der Waals surface area contributed by atoms with Gasteiger partial charge < -0.3 is 10.1 Å². The highest BCUT2D eigenvalue weighted by Gasteiger charge is 2.34. The minimum atomic E-state index is -0.377. The van der Waals surface area contributed by atoms with Gasteiger partial charge in [-0.1, -0.05) is 46.8 Å². The molecule has 1 atom stereocenters. The first-order valence-electron chi connectivity index (χ1n) is 11.0. The molecule has 1 heterocycles. The first-order chi connectivity index (χ1) is 15.0. The molecule has 1 aliphatic carbocycles. The van der Waals surface area contributed by atoms with Crippen LogP contribution < -0.4 is 10.6 Å². The van der Waals surface area contributed by atoms with Gasteiger partial charge in [0, 0.05) is 10.4 Å². The minimum absolute atomic E-state index is 0.166. The number of rotatable bonds is 4. The fraction of sp³-hybridized carbons (Fsp3) is 0.480. The van der Waals surface area contributed by atoms with E-state index in [-0.39, 0.29) is 22.4 Å². The summed E-state index contributed by atoms with van der Waals surface area (Å²) in [6.07, 6.45) is 2.79. The van der Waals surface area contributed by atoms with Crippen molar-refractivity contribution < 1.29 is 14.3 Å². The molecule has 3 rings (SSSR count). The zero-order chi connectivity index (χ0) is 23.6. The van der Waals surface area contributed by atoms with Gasteiger partial charge in [0.25, 0.3) is 5.91 Å². The number of anilines is 1. The molecule has 1 aromatic heterocycles. The first-order valence-corrected chi connectivity index (χ1v) is 12.2. The van der Waals surface area contributed by atoms with E-state index < -0.39 is 0 Å². The Bertz CT molecular complexity index is 1020. The second kappa shape index (κ2) is 9.71. The molecule has 0 saturated heterocycles. The Morgan fingerprint density at radius 1 is 1.19 bits per heavy atom. The number of fused-ring (bicyclic) bond motifs is 1. The summed E-state index contributed by atoms with van der Waals surface area (Å²) in [5.41, 5.74) is 3.49. The summed E-state index contributed by atoms with van der Waals surface area (Å²) in [5, 5.41) is 6.61. The number of hydrogen-bond acceptors (Lipinski definition) is 5. The number of carbonyl (C=O) groups excluding carboxylic acids is 2. The summed E-state index contributed by atoms with van der Waals surface area (Å²) in [7, 11) is 1.39. The van der Waals surface area contributed by atoms with E-state index in [0.717, 1.165) is 24.8 Å². The molecule has 2 aromatic rings. The number of methoxy groups -OCH3 is 1. The molecule has 0 bridgehead atoms. The lowest BCUT2D eigenvalue weighted by atomic mass is 9.72. The smallest absolute Gasteiger partial charge is 0.341 e. The number of carbonyl (C=O) groups is 2. The van der Waals surface area contributed by atoms with E-state index in [1.165, 1.54) is 28.9 Å². The van der Waals surface area contributed by atoms with Crippen molar-refractivity contribution >= 4 is 45.5 Å². The number of benzene rings is 1. The van der Waals surface area contributed by atoms with E-state index >= 15 is 0 Å². The van der Waals surface area contributed by atoms with Gasteiger partial charge in [0.05, 0.1) is 12.7 Å². The fourth-order valence-corrected chi connectivity index (χ4v) is 5.64. The van der Waals surface area contributed by atoms with E-state index in [1.807, 2.05) is 12.1 Å². The highest BCUT2D eigenvalue weighted by molar-refractivity contribution is 7.80. The van der Waals surface area contributed by atoms with Crippen molar-refractivity contribution in [2.75, 3.05) is 12.4 Å². The first kappa shape index (κ1) is 24.4. The van der Waals surface area contributed by atoms with Crippen LogP contribution in [0.3, 0.4) is 0 Å². The van der Waals surface area contributed by atoms with Gasteiger partial charge in [-0.2, -0.15) is 0 Å². The number of thiocarbonyl (C=S) groups is 1. The summed E-state index contributed by atoms with van der Waals surface area (Å²) >= 11 is 6.93. The Labute approximate surface area is 199 Å². The third kappa shape index (κ3) is 5.38. The zero-order valence-electron chi connectivity index (χ0n) is 19.6. The van der Waals surface area contributed by atoms with Crippen molar-refractivity contribution in [1.82, 2.24) is 5.32 Å². The van der Waals surface area contributed by atoms with Crippen molar-refractivity contribution in [3.05, 3.63) is 51.4 Å². The monoisotopic (exact) mass is 472 g/mol. The molecule has 0 fully saturated rings. The maximum atomic E-state index is 12.6. The molecule has 7 heteroatoms. The summed E-state index contributed by atoms with van der Waals surface area (Å²) in [5.74, 6) is 0.283. The van der Waals surface area contributed by atoms with Crippen LogP contribution in [-0.4, -0.2) is 24.1 Å². The quantitative estimate of drug-likeness (QED) is 0.426. The predicted octanol–water partition coefficient (Wildman–Crippen LogP) is 5.94. The van der Waals surface area contributed by atoms with E-state index in [0.29, 0.717) is 28.0 Å². The van der Waals surface area contributed by atoms with Crippen LogP contribution in [0.25, 0.3) is 0 Å². The molecule has 1 unspecified atom stereocenters. The van der Waals surface area contributed by atoms with Gasteiger partial charge >= 0.3 is 5.97 Å². The van der Waals surface area contributed by atoms with Crippen LogP contribution in [0.1, 0.15) is 83.7 Å². The SMILES string of the molecule is COC(=O)c1c(NC(=S)NC(=O)c2ccc(C(C)C)cc2)sc2c1CCC(C(C)(C)C)C2. The standard InChI is InChI=1S/C25H32N2O3S2/c1-14(2)15-7-9-16(10-8-15)21(28)26-24(31)27-22-20(23(29)30-6)18-12-11-17(25(3,4)5)13-19(18)32-22/h7-10,14,17H,11-13H2,1-6H3,(H2,26,27,28,31). The average Bonchev–Trinajstić information content (AvgIpc) is 3.09. The second-order valence-electron chi connectivity index (χ2n) is 9.69. The summed E-state index contributed by atoms with van der Waals surface area (Å²) in [4.78, 5) is 26.4. The topological polar surface area (TPSA) is 67.4 Å². The normalized spacial score (nSPS) is 15.8. The number of esters is 1. The van der Waals surface area contributed by atoms with Gasteiger partial charge in [0.2, 0.25) is 0 Å². The Kier molecular flexibility index (Phi) is 7.40. The molecular formula is C25H32N2O3S2. The molecule has 2 N–H and O–H groups in total. The molecule has 5 nitrogen and oxygen atoms in total. The molecular weight excluding hydrogens is 440 g/mol. The molecule has 0 spiro atoms. The van der Waals surface area contributed by atoms with Crippen LogP contribution in [-0.2, 0) is 17.6 Å². The van der Waals surface area contributed by atoms with Crippen molar-refractivity contribution in [3.63, 3.8) is 0 Å². The highest BCUT2D eigenvalue weighted by Crippen LogP contribution is 2.44. The van der Waals surface area contributed by atoms with Gasteiger partial charge in [-0.3, -0.25) is 10.1 Å². The third-order valence-electron chi connectivity index (χ3n) is 6.17. The highest BCUT2D eigenvalue weighted by atomic mass is 32.1. The van der Waals surface area contributed by atoms with Crippen molar-refractivity contribution in [2.45, 2.75) is 59.8 Å². The Hall–Kier alpha value is -2.25. The summed E-state index contributed by atoms with van der Waals surface area (Å²) < 4.78 is 5.06. The number of ether oxygens (including phenoxy) is 1. The van der Waals surface area contributed by atoms with Crippen molar-refractivity contribution in [2.24, 2.45) is 11.3 Å². The largest absolute Gasteiger partial charge is 0.465 e. The second-order valence-corrected chi connectivity index (χ2v) is 11.2. The lowest BCUT2D eigenvalue weighted by Gasteiger charge is -2.33. The molecule has 172 valence electrons. The van der Waals surface area contributed by atoms with Crippen LogP contribution in [0.5, 0.6) is 0 Å². The van der Waals surface area contributed by atoms with E-state index in [9.17, 15) is 9.59 Å². The van der Waals surface area contributed by atoms with Gasteiger partial charge in [0.15, 0.2) is 5.11 Å². The molecule has 1 aliphatic rings. The molecule has 32 heavy (non-hydrogen) atoms. The van der Waals surface area contributed by atoms with Crippen LogP contribution >= 0.6 is 23.6 Å². The lowest BCUT2D eigenvalue weighted by molar-refractivity contribution is 0.0600. The Morgan fingerprint density at radius 2 is 1.84 bits per heavy atom. The molecule has 0 radical (unpaired) electrons. The Morgan fingerprint density at radius 3 is 2.41 bits per heavy atom. The number of thiophene rings is 1. The zero-order valence-corrected chi connectivity index (χ0v) is 21.3. The minimum Gasteiger partial charge on any atom is -0.465 e. The third-order valence-corrected chi connectivity index (χ3v) is 7.55. The van der Waals surface area contributed by atoms with Gasteiger partial charge in [-0.25, -0.2) is 4.79 Å². The maximum Gasteiger partial charge on any atom is 0.341 e. The number of hydrogen-bond donors (Lipinski definition) is 2. The summed E-state index contributed by atoms with van der Waals surface area (Å²) in [6, 6.07) is 7.49. The van der Waals surface area contributed by atoms with Crippen molar-refractivity contribution in [3.8, 4) is 0 Å². The van der Waals surface area contributed by atoms with E-state index in [2.05, 4.69) is 45.3 Å². The Balaban J connectivity index is 1.77. The fourth-order valence-electron chi connectivity index (χ4n) is 4.06. The maximum absolute atomic E-state index is 12.6. The molecule has 0 aliphatic heterocycles. The summed E-state index contributed by atoms with van der Waals surface area (Å²) in [6.45, 7) is 11.0. The van der Waals surface area contributed by atoms with Crippen LogP contribution in [0.2, 0.25) is 0 Å². The van der Waals surface area contributed by atoms with Crippen molar-refractivity contribution in [1.29, 1.82) is 0 Å². The average molecular weight is 473 g/mol. The lowest BCUT2D eigenvalue weighted by Crippen LogP contribution is -2.34. The molecule has 1 amide bonds. The molecule has 0 saturated carbocycles. The van der Waals surface area contributed by atoms with Gasteiger partial charge in [0.1, 0.15) is 5.00 Å². The number of amides is 1. The van der Waals surface area contributed by atoms with Gasteiger partial charge in [-0.15, -0.1) is 11.3 Å². The number of nitrogens with one attached hydrogen (secondary N) is 2. The van der Waals surface area contributed by atoms with Gasteiger partial charge in [-0.05, 0) is 72.0 Å². The van der Waals surface area contributed by atoms with E-state index in [1.54, 1.807) is 12.1 Å². The van der Waals surface area contributed by atoms with Crippen LogP contribution in [0.15, 0.2) is 24.3 Å². The van der Waals surface area contributed by atoms with E-state index in [4.69, 9.17) is 17.0 Å². The molecule has 1 aromatic carbocycles. The van der Waals surface area contributed by atoms with Crippen LogP contribution in [0.4, 0.5) is 5.00 Å².